The lowest BCUT2D eigenvalue weighted by atomic mass is 9.92. The van der Waals surface area contributed by atoms with Crippen molar-refractivity contribution in [2.45, 2.75) is 32.7 Å². The number of nitrogens with one attached hydrogen (secondary N) is 1. The molecule has 4 nitrogen and oxygen atoms in total. The third-order valence-corrected chi connectivity index (χ3v) is 3.29. The molecular weight excluding hydrogens is 204 g/mol. The third kappa shape index (κ3) is 3.46. The van der Waals surface area contributed by atoms with Crippen molar-refractivity contribution < 1.29 is 9.53 Å². The molecule has 0 aromatic heterocycles. The van der Waals surface area contributed by atoms with Gasteiger partial charge in [0.1, 0.15) is 0 Å². The highest BCUT2D eigenvalue weighted by Crippen LogP contribution is 2.17. The molecule has 0 aromatic rings. The predicted octanol–water partition coefficient (Wildman–Crippen LogP) is 0.869. The van der Waals surface area contributed by atoms with Gasteiger partial charge in [-0.3, -0.25) is 4.79 Å². The maximum absolute atomic E-state index is 12.3. The standard InChI is InChI=1S/C12H24N2O2/c1-4-14(8-9-16-3)12(15)11-10(2)6-5-7-13-11/h10-11,13H,4-9H2,1-3H3. The number of piperidine rings is 1. The molecule has 1 aliphatic rings. The molecule has 0 radical (unpaired) electrons. The van der Waals surface area contributed by atoms with E-state index in [0.29, 0.717) is 19.1 Å². The molecule has 0 spiro atoms. The first-order valence-corrected chi connectivity index (χ1v) is 6.21. The first-order valence-electron chi connectivity index (χ1n) is 6.21. The number of rotatable bonds is 5. The molecule has 0 aromatic carbocycles. The summed E-state index contributed by atoms with van der Waals surface area (Å²) in [7, 11) is 1.67. The van der Waals surface area contributed by atoms with Crippen LogP contribution in [0, 0.1) is 5.92 Å². The Morgan fingerprint density at radius 1 is 1.56 bits per heavy atom. The topological polar surface area (TPSA) is 41.6 Å². The van der Waals surface area contributed by atoms with E-state index in [1.807, 2.05) is 11.8 Å². The van der Waals surface area contributed by atoms with Crippen LogP contribution in [0.5, 0.6) is 0 Å². The lowest BCUT2D eigenvalue weighted by Gasteiger charge is -2.33. The highest BCUT2D eigenvalue weighted by atomic mass is 16.5. The van der Waals surface area contributed by atoms with Gasteiger partial charge in [-0.25, -0.2) is 0 Å². The molecule has 0 aliphatic carbocycles. The minimum Gasteiger partial charge on any atom is -0.383 e. The average Bonchev–Trinajstić information content (AvgIpc) is 2.30. The predicted molar refractivity (Wildman–Crippen MR) is 64.3 cm³/mol. The summed E-state index contributed by atoms with van der Waals surface area (Å²) >= 11 is 0. The van der Waals surface area contributed by atoms with Gasteiger partial charge >= 0.3 is 0 Å². The summed E-state index contributed by atoms with van der Waals surface area (Å²) in [6.07, 6.45) is 2.32. The lowest BCUT2D eigenvalue weighted by Crippen LogP contribution is -2.52. The smallest absolute Gasteiger partial charge is 0.240 e. The Bertz CT molecular complexity index is 221. The number of carbonyl (C=O) groups excluding carboxylic acids is 1. The number of methoxy groups -OCH3 is 1. The Morgan fingerprint density at radius 3 is 2.88 bits per heavy atom. The van der Waals surface area contributed by atoms with Crippen LogP contribution in [0.2, 0.25) is 0 Å². The van der Waals surface area contributed by atoms with E-state index in [4.69, 9.17) is 4.74 Å². The lowest BCUT2D eigenvalue weighted by molar-refractivity contribution is -0.135. The molecule has 2 atom stereocenters. The van der Waals surface area contributed by atoms with E-state index in [1.54, 1.807) is 7.11 Å². The molecule has 1 amide bonds. The van der Waals surface area contributed by atoms with Crippen LogP contribution in [-0.4, -0.2) is 50.2 Å². The largest absolute Gasteiger partial charge is 0.383 e. The molecule has 1 fully saturated rings. The van der Waals surface area contributed by atoms with Crippen LogP contribution in [-0.2, 0) is 9.53 Å². The highest BCUT2D eigenvalue weighted by Gasteiger charge is 2.30. The SMILES string of the molecule is CCN(CCOC)C(=O)C1NCCCC1C. The van der Waals surface area contributed by atoms with E-state index >= 15 is 0 Å². The van der Waals surface area contributed by atoms with Gasteiger partial charge in [0.25, 0.3) is 0 Å². The van der Waals surface area contributed by atoms with Crippen LogP contribution in [0.15, 0.2) is 0 Å². The van der Waals surface area contributed by atoms with Gasteiger partial charge in [0, 0.05) is 20.2 Å². The van der Waals surface area contributed by atoms with Crippen LogP contribution in [0.3, 0.4) is 0 Å². The van der Waals surface area contributed by atoms with Gasteiger partial charge in [0.05, 0.1) is 12.6 Å². The second-order valence-corrected chi connectivity index (χ2v) is 4.46. The van der Waals surface area contributed by atoms with Gasteiger partial charge in [-0.05, 0) is 32.2 Å². The summed E-state index contributed by atoms with van der Waals surface area (Å²) < 4.78 is 5.02. The highest BCUT2D eigenvalue weighted by molar-refractivity contribution is 5.82. The van der Waals surface area contributed by atoms with E-state index in [9.17, 15) is 4.79 Å². The first kappa shape index (κ1) is 13.5. The molecule has 0 saturated carbocycles. The maximum atomic E-state index is 12.3. The summed E-state index contributed by atoms with van der Waals surface area (Å²) in [5, 5.41) is 3.33. The van der Waals surface area contributed by atoms with Crippen molar-refractivity contribution in [3.05, 3.63) is 0 Å². The molecule has 2 unspecified atom stereocenters. The molecule has 1 aliphatic heterocycles. The summed E-state index contributed by atoms with van der Waals surface area (Å²) in [5.41, 5.74) is 0. The van der Waals surface area contributed by atoms with Gasteiger partial charge in [-0.1, -0.05) is 6.92 Å². The van der Waals surface area contributed by atoms with Crippen LogP contribution < -0.4 is 5.32 Å². The summed E-state index contributed by atoms with van der Waals surface area (Å²) in [5.74, 6) is 0.671. The molecule has 1 rings (SSSR count). The molecule has 94 valence electrons. The minimum absolute atomic E-state index is 0.00514. The molecule has 0 bridgehead atoms. The van der Waals surface area contributed by atoms with Gasteiger partial charge < -0.3 is 15.0 Å². The molecule has 1 N–H and O–H groups in total. The third-order valence-electron chi connectivity index (χ3n) is 3.29. The Morgan fingerprint density at radius 2 is 2.31 bits per heavy atom. The van der Waals surface area contributed by atoms with Gasteiger partial charge in [-0.2, -0.15) is 0 Å². The molecule has 16 heavy (non-hydrogen) atoms. The van der Waals surface area contributed by atoms with Crippen LogP contribution >= 0.6 is 0 Å². The molecular formula is C12H24N2O2. The normalized spacial score (nSPS) is 25.4. The summed E-state index contributed by atoms with van der Waals surface area (Å²) in [6, 6.07) is 0.00514. The molecule has 1 saturated heterocycles. The number of likely N-dealkylation sites (N-methyl/N-ethyl adjacent to an activating group) is 1. The number of hydrogen-bond donors (Lipinski definition) is 1. The van der Waals surface area contributed by atoms with Crippen LogP contribution in [0.1, 0.15) is 26.7 Å². The fraction of sp³-hybridized carbons (Fsp3) is 0.917. The maximum Gasteiger partial charge on any atom is 0.240 e. The van der Waals surface area contributed by atoms with Crippen molar-refractivity contribution in [3.8, 4) is 0 Å². The van der Waals surface area contributed by atoms with E-state index in [1.165, 1.54) is 6.42 Å². The zero-order chi connectivity index (χ0) is 12.0. The quantitative estimate of drug-likeness (QED) is 0.759. The number of amides is 1. The fourth-order valence-electron chi connectivity index (χ4n) is 2.20. The van der Waals surface area contributed by atoms with Gasteiger partial charge in [0.15, 0.2) is 0 Å². The zero-order valence-electron chi connectivity index (χ0n) is 10.7. The second-order valence-electron chi connectivity index (χ2n) is 4.46. The van der Waals surface area contributed by atoms with Gasteiger partial charge in [-0.15, -0.1) is 0 Å². The zero-order valence-corrected chi connectivity index (χ0v) is 10.7. The second kappa shape index (κ2) is 6.86. The van der Waals surface area contributed by atoms with Crippen molar-refractivity contribution in [1.29, 1.82) is 0 Å². The Balaban J connectivity index is 2.51. The average molecular weight is 228 g/mol. The van der Waals surface area contributed by atoms with E-state index in [-0.39, 0.29) is 11.9 Å². The van der Waals surface area contributed by atoms with E-state index in [2.05, 4.69) is 12.2 Å². The van der Waals surface area contributed by atoms with Crippen molar-refractivity contribution >= 4 is 5.91 Å². The Labute approximate surface area is 98.3 Å². The van der Waals surface area contributed by atoms with Crippen molar-refractivity contribution in [2.75, 3.05) is 33.4 Å². The van der Waals surface area contributed by atoms with E-state index < -0.39 is 0 Å². The monoisotopic (exact) mass is 228 g/mol. The number of hydrogen-bond acceptors (Lipinski definition) is 3. The minimum atomic E-state index is 0.00514. The Hall–Kier alpha value is -0.610. The van der Waals surface area contributed by atoms with Crippen molar-refractivity contribution in [3.63, 3.8) is 0 Å². The van der Waals surface area contributed by atoms with Crippen molar-refractivity contribution in [2.24, 2.45) is 5.92 Å². The van der Waals surface area contributed by atoms with Crippen LogP contribution in [0.4, 0.5) is 0 Å². The van der Waals surface area contributed by atoms with Gasteiger partial charge in [0.2, 0.25) is 5.91 Å². The number of nitrogens with zero attached hydrogens (tertiary/aromatic N) is 1. The number of carbonyl (C=O) groups is 1. The number of ether oxygens (including phenoxy) is 1. The molecule has 4 heteroatoms. The summed E-state index contributed by atoms with van der Waals surface area (Å²) in [6.45, 7) is 7.19. The van der Waals surface area contributed by atoms with Crippen molar-refractivity contribution in [1.82, 2.24) is 10.2 Å². The van der Waals surface area contributed by atoms with Crippen LogP contribution in [0.25, 0.3) is 0 Å². The molecule has 1 heterocycles. The van der Waals surface area contributed by atoms with E-state index in [0.717, 1.165) is 19.5 Å². The Kier molecular flexibility index (Phi) is 5.77. The first-order chi connectivity index (χ1) is 7.70. The summed E-state index contributed by atoms with van der Waals surface area (Å²) in [4.78, 5) is 14.1. The fourth-order valence-corrected chi connectivity index (χ4v) is 2.20.